The zero-order valence-corrected chi connectivity index (χ0v) is 8.20. The number of carbonyl (C=O) groups is 1. The Labute approximate surface area is 89.4 Å². The molecule has 0 unspecified atom stereocenters. The smallest absolute Gasteiger partial charge is 0.343 e. The van der Waals surface area contributed by atoms with Gasteiger partial charge in [-0.25, -0.2) is 18.6 Å². The highest BCUT2D eigenvalue weighted by molar-refractivity contribution is 5.97. The first-order chi connectivity index (χ1) is 7.52. The van der Waals surface area contributed by atoms with Crippen LogP contribution in [0.15, 0.2) is 6.20 Å². The maximum atomic E-state index is 12.5. The zero-order chi connectivity index (χ0) is 12.3. The Bertz CT molecular complexity index is 469. The number of hydrogen-bond acceptors (Lipinski definition) is 5. The molecule has 1 rings (SSSR count). The molecule has 84 valence electrons. The lowest BCUT2D eigenvalue weighted by Crippen LogP contribution is -2.12. The fraction of sp³-hybridized carbons (Fsp3) is 0.222. The fourth-order valence-corrected chi connectivity index (χ4v) is 1.14. The molecule has 0 saturated carbocycles. The third kappa shape index (κ3) is 1.91. The number of halogens is 2. The molecule has 0 bridgehead atoms. The van der Waals surface area contributed by atoms with Gasteiger partial charge in [0.25, 0.3) is 6.43 Å². The molecule has 0 aliphatic rings. The van der Waals surface area contributed by atoms with E-state index in [1.807, 2.05) is 0 Å². The van der Waals surface area contributed by atoms with Gasteiger partial charge in [0.1, 0.15) is 17.5 Å². The minimum Gasteiger partial charge on any atom is -0.465 e. The number of ether oxygens (including phenoxy) is 1. The molecule has 0 radical (unpaired) electrons. The zero-order valence-electron chi connectivity index (χ0n) is 8.20. The molecule has 0 aliphatic heterocycles. The number of nitriles is 1. The average Bonchev–Trinajstić information content (AvgIpc) is 2.26. The predicted molar refractivity (Wildman–Crippen MR) is 49.7 cm³/mol. The van der Waals surface area contributed by atoms with Gasteiger partial charge in [-0.2, -0.15) is 5.26 Å². The first-order valence-corrected chi connectivity index (χ1v) is 4.07. The second-order valence-electron chi connectivity index (χ2n) is 2.75. The number of rotatable bonds is 2. The molecule has 0 atom stereocenters. The molecule has 1 aromatic heterocycles. The molecule has 16 heavy (non-hydrogen) atoms. The van der Waals surface area contributed by atoms with Crippen LogP contribution in [0.4, 0.5) is 14.6 Å². The Morgan fingerprint density at radius 3 is 2.75 bits per heavy atom. The van der Waals surface area contributed by atoms with Crippen molar-refractivity contribution in [2.24, 2.45) is 0 Å². The molecule has 1 heterocycles. The van der Waals surface area contributed by atoms with Crippen molar-refractivity contribution in [2.75, 3.05) is 12.8 Å². The van der Waals surface area contributed by atoms with E-state index >= 15 is 0 Å². The second kappa shape index (κ2) is 4.53. The highest BCUT2D eigenvalue weighted by Crippen LogP contribution is 2.27. The average molecular weight is 227 g/mol. The van der Waals surface area contributed by atoms with Gasteiger partial charge < -0.3 is 10.5 Å². The lowest BCUT2D eigenvalue weighted by atomic mass is 10.0. The van der Waals surface area contributed by atoms with Crippen LogP contribution in [0.25, 0.3) is 0 Å². The summed E-state index contributed by atoms with van der Waals surface area (Å²) in [7, 11) is 1.05. The Kier molecular flexibility index (Phi) is 3.35. The van der Waals surface area contributed by atoms with E-state index in [2.05, 4.69) is 9.72 Å². The molecular weight excluding hydrogens is 220 g/mol. The van der Waals surface area contributed by atoms with Gasteiger partial charge in [-0.1, -0.05) is 0 Å². The van der Waals surface area contributed by atoms with Crippen LogP contribution in [-0.4, -0.2) is 18.1 Å². The largest absolute Gasteiger partial charge is 0.465 e. The van der Waals surface area contributed by atoms with Crippen LogP contribution >= 0.6 is 0 Å². The van der Waals surface area contributed by atoms with Gasteiger partial charge in [-0.3, -0.25) is 0 Å². The highest BCUT2D eigenvalue weighted by atomic mass is 19.3. The summed E-state index contributed by atoms with van der Waals surface area (Å²) in [4.78, 5) is 14.7. The number of pyridine rings is 1. The van der Waals surface area contributed by atoms with Gasteiger partial charge in [0.15, 0.2) is 0 Å². The van der Waals surface area contributed by atoms with Crippen LogP contribution in [-0.2, 0) is 4.74 Å². The molecular formula is C9H7F2N3O2. The number of nitrogen functional groups attached to an aromatic ring is 1. The number of nitrogens with two attached hydrogens (primary N) is 1. The molecule has 0 fully saturated rings. The van der Waals surface area contributed by atoms with Crippen molar-refractivity contribution in [2.45, 2.75) is 6.43 Å². The van der Waals surface area contributed by atoms with Crippen molar-refractivity contribution in [3.05, 3.63) is 22.9 Å². The quantitative estimate of drug-likeness (QED) is 0.768. The Morgan fingerprint density at radius 1 is 1.69 bits per heavy atom. The van der Waals surface area contributed by atoms with Crippen LogP contribution in [0.1, 0.15) is 27.9 Å². The number of carbonyl (C=O) groups excluding carboxylic acids is 1. The number of nitrogens with zero attached hydrogens (tertiary/aromatic N) is 2. The van der Waals surface area contributed by atoms with Crippen molar-refractivity contribution >= 4 is 11.8 Å². The lowest BCUT2D eigenvalue weighted by Gasteiger charge is -2.08. The molecule has 2 N–H and O–H groups in total. The van der Waals surface area contributed by atoms with E-state index in [0.29, 0.717) is 0 Å². The number of esters is 1. The summed E-state index contributed by atoms with van der Waals surface area (Å²) < 4.78 is 29.4. The molecule has 0 aromatic carbocycles. The first-order valence-electron chi connectivity index (χ1n) is 4.07. The fourth-order valence-electron chi connectivity index (χ4n) is 1.14. The van der Waals surface area contributed by atoms with Crippen LogP contribution in [0.5, 0.6) is 0 Å². The monoisotopic (exact) mass is 227 g/mol. The maximum Gasteiger partial charge on any atom is 0.343 e. The molecule has 7 heteroatoms. The second-order valence-corrected chi connectivity index (χ2v) is 2.75. The van der Waals surface area contributed by atoms with E-state index in [-0.39, 0.29) is 5.82 Å². The Hall–Kier alpha value is -2.23. The minimum atomic E-state index is -2.91. The topological polar surface area (TPSA) is 89.0 Å². The van der Waals surface area contributed by atoms with E-state index in [9.17, 15) is 13.6 Å². The van der Waals surface area contributed by atoms with Gasteiger partial charge in [-0.05, 0) is 0 Å². The Morgan fingerprint density at radius 2 is 2.31 bits per heavy atom. The summed E-state index contributed by atoms with van der Waals surface area (Å²) in [6.07, 6.45) is -2.14. The summed E-state index contributed by atoms with van der Waals surface area (Å²) in [5, 5.41) is 8.74. The van der Waals surface area contributed by atoms with Crippen LogP contribution in [0.2, 0.25) is 0 Å². The number of alkyl halides is 2. The van der Waals surface area contributed by atoms with Crippen LogP contribution in [0, 0.1) is 11.3 Å². The SMILES string of the molecule is COC(=O)c1c(N)ncc(C(F)F)c1C#N. The summed E-state index contributed by atoms with van der Waals surface area (Å²) >= 11 is 0. The van der Waals surface area contributed by atoms with E-state index in [1.165, 1.54) is 6.07 Å². The first kappa shape index (κ1) is 11.8. The van der Waals surface area contributed by atoms with Gasteiger partial charge >= 0.3 is 5.97 Å². The van der Waals surface area contributed by atoms with Gasteiger partial charge in [-0.15, -0.1) is 0 Å². The maximum absolute atomic E-state index is 12.5. The standard InChI is InChI=1S/C9H7F2N3O2/c1-16-9(15)6-4(2-12)5(7(10)11)3-14-8(6)13/h3,7H,1H3,(H2,13,14). The minimum absolute atomic E-state index is 0.312. The highest BCUT2D eigenvalue weighted by Gasteiger charge is 2.24. The lowest BCUT2D eigenvalue weighted by molar-refractivity contribution is 0.0600. The number of methoxy groups -OCH3 is 1. The van der Waals surface area contributed by atoms with E-state index in [0.717, 1.165) is 13.3 Å². The summed E-state index contributed by atoms with van der Waals surface area (Å²) in [5.74, 6) is -1.28. The van der Waals surface area contributed by atoms with Gasteiger partial charge in [0, 0.05) is 6.20 Å². The van der Waals surface area contributed by atoms with E-state index in [4.69, 9.17) is 11.0 Å². The third-order valence-corrected chi connectivity index (χ3v) is 1.87. The summed E-state index contributed by atoms with van der Waals surface area (Å²) in [6.45, 7) is 0. The summed E-state index contributed by atoms with van der Waals surface area (Å²) in [5.41, 5.74) is 3.76. The van der Waals surface area contributed by atoms with Crippen molar-refractivity contribution in [1.29, 1.82) is 5.26 Å². The predicted octanol–water partition coefficient (Wildman–Crippen LogP) is 1.26. The molecule has 0 saturated heterocycles. The molecule has 0 spiro atoms. The van der Waals surface area contributed by atoms with Crippen LogP contribution in [0.3, 0.4) is 0 Å². The number of hydrogen-bond donors (Lipinski definition) is 1. The van der Waals surface area contributed by atoms with E-state index in [1.54, 1.807) is 0 Å². The molecule has 0 aliphatic carbocycles. The Balaban J connectivity index is 3.52. The van der Waals surface area contributed by atoms with Gasteiger partial charge in [0.05, 0.1) is 18.2 Å². The normalized spacial score (nSPS) is 9.94. The molecule has 5 nitrogen and oxygen atoms in total. The van der Waals surface area contributed by atoms with Gasteiger partial charge in [0.2, 0.25) is 0 Å². The van der Waals surface area contributed by atoms with Crippen molar-refractivity contribution < 1.29 is 18.3 Å². The number of anilines is 1. The third-order valence-electron chi connectivity index (χ3n) is 1.87. The van der Waals surface area contributed by atoms with Crippen molar-refractivity contribution in [3.63, 3.8) is 0 Å². The molecule has 0 amide bonds. The number of aromatic nitrogens is 1. The van der Waals surface area contributed by atoms with E-state index < -0.39 is 29.1 Å². The van der Waals surface area contributed by atoms with Crippen LogP contribution < -0.4 is 5.73 Å². The molecule has 1 aromatic rings. The summed E-state index contributed by atoms with van der Waals surface area (Å²) in [6, 6.07) is 1.50. The van der Waals surface area contributed by atoms with Crippen molar-refractivity contribution in [1.82, 2.24) is 4.98 Å². The van der Waals surface area contributed by atoms with Crippen molar-refractivity contribution in [3.8, 4) is 6.07 Å².